The predicted molar refractivity (Wildman–Crippen MR) is 111 cm³/mol. The van der Waals surface area contributed by atoms with Crippen molar-refractivity contribution >= 4 is 17.8 Å². The van der Waals surface area contributed by atoms with Crippen molar-refractivity contribution in [3.63, 3.8) is 0 Å². The van der Waals surface area contributed by atoms with E-state index in [1.54, 1.807) is 0 Å². The number of aromatic nitrogens is 2. The van der Waals surface area contributed by atoms with E-state index in [1.807, 2.05) is 32.0 Å². The van der Waals surface area contributed by atoms with Gasteiger partial charge in [0.2, 0.25) is 11.9 Å². The number of amides is 1. The molecule has 4 rings (SSSR count). The lowest BCUT2D eigenvalue weighted by Crippen LogP contribution is -2.37. The van der Waals surface area contributed by atoms with Crippen LogP contribution >= 0.6 is 0 Å². The molecule has 3 heterocycles. The van der Waals surface area contributed by atoms with Crippen molar-refractivity contribution in [2.24, 2.45) is 0 Å². The first-order valence-corrected chi connectivity index (χ1v) is 10.2. The zero-order valence-corrected chi connectivity index (χ0v) is 18.1. The maximum absolute atomic E-state index is 12.7. The fourth-order valence-corrected chi connectivity index (χ4v) is 4.19. The Morgan fingerprint density at radius 3 is 2.28 bits per heavy atom. The minimum atomic E-state index is -5.08. The summed E-state index contributed by atoms with van der Waals surface area (Å²) < 4.78 is 31.7. The van der Waals surface area contributed by atoms with Gasteiger partial charge in [-0.1, -0.05) is 24.3 Å². The highest BCUT2D eigenvalue weighted by Crippen LogP contribution is 2.35. The number of nitrogens with zero attached hydrogens (tertiary/aromatic N) is 4. The predicted octanol–water partition coefficient (Wildman–Crippen LogP) is 3.41. The summed E-state index contributed by atoms with van der Waals surface area (Å²) in [6.45, 7) is 7.72. The molecule has 0 radical (unpaired) electrons. The van der Waals surface area contributed by atoms with Crippen LogP contribution in [0.4, 0.5) is 19.1 Å². The number of aliphatic carboxylic acids is 1. The van der Waals surface area contributed by atoms with Gasteiger partial charge in [-0.2, -0.15) is 13.2 Å². The quantitative estimate of drug-likeness (QED) is 0.771. The van der Waals surface area contributed by atoms with Gasteiger partial charge in [-0.3, -0.25) is 4.79 Å². The van der Waals surface area contributed by atoms with Crippen LogP contribution in [-0.2, 0) is 16.1 Å². The maximum Gasteiger partial charge on any atom is 0.490 e. The van der Waals surface area contributed by atoms with E-state index in [4.69, 9.17) is 9.90 Å². The summed E-state index contributed by atoms with van der Waals surface area (Å²) in [6, 6.07) is 10.8. The van der Waals surface area contributed by atoms with Crippen LogP contribution < -0.4 is 4.90 Å². The molecule has 172 valence electrons. The molecule has 1 aromatic carbocycles. The van der Waals surface area contributed by atoms with Gasteiger partial charge in [0.25, 0.3) is 0 Å². The van der Waals surface area contributed by atoms with E-state index in [0.29, 0.717) is 13.0 Å². The van der Waals surface area contributed by atoms with Crippen LogP contribution in [0.25, 0.3) is 0 Å². The fraction of sp³-hybridized carbons (Fsp3) is 0.455. The van der Waals surface area contributed by atoms with Gasteiger partial charge in [-0.15, -0.1) is 0 Å². The number of carboxylic acids is 1. The molecular weight excluding hydrogens is 425 g/mol. The molecule has 7 nitrogen and oxygen atoms in total. The first-order chi connectivity index (χ1) is 15.0. The zero-order chi connectivity index (χ0) is 23.6. The lowest BCUT2D eigenvalue weighted by molar-refractivity contribution is -0.192. The molecular formula is C22H25F3N4O3. The SMILES string of the molecule is Cc1cc(C)nc(N2CC[C@H]3[C@@H]2CC(=O)N3Cc2ccccc2C)n1.O=C(O)C(F)(F)F. The Balaban J connectivity index is 0.000000360. The number of carbonyl (C=O) groups excluding carboxylic acids is 1. The Hall–Kier alpha value is -3.17. The lowest BCUT2D eigenvalue weighted by Gasteiger charge is -2.26. The molecule has 2 aliphatic heterocycles. The third kappa shape index (κ3) is 5.17. The Kier molecular flexibility index (Phi) is 6.71. The van der Waals surface area contributed by atoms with E-state index in [-0.39, 0.29) is 18.0 Å². The van der Waals surface area contributed by atoms with Crippen LogP contribution in [0.2, 0.25) is 0 Å². The second kappa shape index (κ2) is 9.13. The summed E-state index contributed by atoms with van der Waals surface area (Å²) in [4.78, 5) is 35.1. The molecule has 32 heavy (non-hydrogen) atoms. The van der Waals surface area contributed by atoms with Crippen LogP contribution in [0.1, 0.15) is 35.4 Å². The van der Waals surface area contributed by atoms with Crippen LogP contribution in [0.15, 0.2) is 30.3 Å². The number of halogens is 3. The van der Waals surface area contributed by atoms with Gasteiger partial charge in [-0.05, 0) is 44.4 Å². The number of hydrogen-bond donors (Lipinski definition) is 1. The number of aryl methyl sites for hydroxylation is 3. The van der Waals surface area contributed by atoms with Gasteiger partial charge >= 0.3 is 12.1 Å². The number of alkyl halides is 3. The van der Waals surface area contributed by atoms with Crippen LogP contribution in [-0.4, -0.2) is 56.7 Å². The monoisotopic (exact) mass is 450 g/mol. The van der Waals surface area contributed by atoms with Crippen molar-refractivity contribution in [1.82, 2.24) is 14.9 Å². The largest absolute Gasteiger partial charge is 0.490 e. The smallest absolute Gasteiger partial charge is 0.475 e. The van der Waals surface area contributed by atoms with Gasteiger partial charge in [-0.25, -0.2) is 14.8 Å². The Morgan fingerprint density at radius 1 is 1.12 bits per heavy atom. The molecule has 0 unspecified atom stereocenters. The molecule has 1 amide bonds. The topological polar surface area (TPSA) is 86.6 Å². The Morgan fingerprint density at radius 2 is 1.72 bits per heavy atom. The Labute approximate surface area is 183 Å². The van der Waals surface area contributed by atoms with Crippen molar-refractivity contribution < 1.29 is 27.9 Å². The molecule has 2 aliphatic rings. The molecule has 10 heteroatoms. The van der Waals surface area contributed by atoms with Crippen LogP contribution in [0, 0.1) is 20.8 Å². The number of likely N-dealkylation sites (tertiary alicyclic amines) is 1. The van der Waals surface area contributed by atoms with E-state index in [2.05, 4.69) is 38.8 Å². The number of benzene rings is 1. The number of rotatable bonds is 3. The standard InChI is InChI=1S/C20H24N4O.C2HF3O2/c1-13-6-4-5-7-16(13)12-24-17-8-9-23(18(17)11-19(24)25)20-21-14(2)10-15(3)22-20;3-2(4,5)1(6)7/h4-7,10,17-18H,8-9,11-12H2,1-3H3;(H,6,7)/t17-,18-;/m0./s1. The van der Waals surface area contributed by atoms with E-state index in [1.165, 1.54) is 11.1 Å². The maximum atomic E-state index is 12.7. The molecule has 1 aromatic heterocycles. The summed E-state index contributed by atoms with van der Waals surface area (Å²) in [5.74, 6) is -1.74. The number of fused-ring (bicyclic) bond motifs is 1. The van der Waals surface area contributed by atoms with E-state index < -0.39 is 12.1 Å². The summed E-state index contributed by atoms with van der Waals surface area (Å²) in [7, 11) is 0. The molecule has 2 atom stereocenters. The van der Waals surface area contributed by atoms with Crippen molar-refractivity contribution in [2.45, 2.75) is 58.4 Å². The summed E-state index contributed by atoms with van der Waals surface area (Å²) in [5.41, 5.74) is 4.43. The highest BCUT2D eigenvalue weighted by Gasteiger charge is 2.47. The van der Waals surface area contributed by atoms with Gasteiger partial charge in [0.05, 0.1) is 12.1 Å². The van der Waals surface area contributed by atoms with Gasteiger partial charge < -0.3 is 14.9 Å². The average Bonchev–Trinajstić information content (AvgIpc) is 3.22. The second-order valence-corrected chi connectivity index (χ2v) is 8.02. The third-order valence-corrected chi connectivity index (χ3v) is 5.69. The van der Waals surface area contributed by atoms with Crippen molar-refractivity contribution in [3.8, 4) is 0 Å². The molecule has 2 saturated heterocycles. The van der Waals surface area contributed by atoms with E-state index in [9.17, 15) is 18.0 Å². The fourth-order valence-electron chi connectivity index (χ4n) is 4.19. The van der Waals surface area contributed by atoms with Gasteiger partial charge in [0, 0.05) is 30.9 Å². The van der Waals surface area contributed by atoms with Crippen molar-refractivity contribution in [3.05, 3.63) is 52.8 Å². The molecule has 0 bridgehead atoms. The van der Waals surface area contributed by atoms with Gasteiger partial charge in [0.15, 0.2) is 0 Å². The highest BCUT2D eigenvalue weighted by atomic mass is 19.4. The zero-order valence-electron chi connectivity index (χ0n) is 18.1. The second-order valence-electron chi connectivity index (χ2n) is 8.02. The number of carboxylic acid groups (broad SMARTS) is 1. The molecule has 0 saturated carbocycles. The third-order valence-electron chi connectivity index (χ3n) is 5.69. The lowest BCUT2D eigenvalue weighted by atomic mass is 10.1. The van der Waals surface area contributed by atoms with Gasteiger partial charge in [0.1, 0.15) is 0 Å². The summed E-state index contributed by atoms with van der Waals surface area (Å²) in [6.07, 6.45) is -3.54. The van der Waals surface area contributed by atoms with Crippen LogP contribution in [0.3, 0.4) is 0 Å². The minimum absolute atomic E-state index is 0.192. The molecule has 2 aromatic rings. The average molecular weight is 450 g/mol. The molecule has 1 N–H and O–H groups in total. The molecule has 2 fully saturated rings. The van der Waals surface area contributed by atoms with E-state index in [0.717, 1.165) is 30.3 Å². The molecule has 0 spiro atoms. The minimum Gasteiger partial charge on any atom is -0.475 e. The normalized spacial score (nSPS) is 20.1. The Bertz CT molecular complexity index is 992. The van der Waals surface area contributed by atoms with Crippen molar-refractivity contribution in [1.29, 1.82) is 0 Å². The summed E-state index contributed by atoms with van der Waals surface area (Å²) >= 11 is 0. The van der Waals surface area contributed by atoms with Crippen LogP contribution in [0.5, 0.6) is 0 Å². The first kappa shape index (κ1) is 23.5. The molecule has 0 aliphatic carbocycles. The first-order valence-electron chi connectivity index (χ1n) is 10.2. The van der Waals surface area contributed by atoms with E-state index >= 15 is 0 Å². The number of hydrogen-bond acceptors (Lipinski definition) is 5. The number of carbonyl (C=O) groups is 2. The highest BCUT2D eigenvalue weighted by molar-refractivity contribution is 5.81. The number of anilines is 1. The van der Waals surface area contributed by atoms with Crippen molar-refractivity contribution in [2.75, 3.05) is 11.4 Å². The summed E-state index contributed by atoms with van der Waals surface area (Å²) in [5, 5.41) is 7.12.